The van der Waals surface area contributed by atoms with Gasteiger partial charge in [-0.1, -0.05) is 13.8 Å². The second kappa shape index (κ2) is 3.43. The van der Waals surface area contributed by atoms with E-state index in [-0.39, 0.29) is 0 Å². The van der Waals surface area contributed by atoms with Gasteiger partial charge < -0.3 is 4.90 Å². The van der Waals surface area contributed by atoms with Crippen molar-refractivity contribution in [3.05, 3.63) is 21.4 Å². The Labute approximate surface area is 84.4 Å². The van der Waals surface area contributed by atoms with E-state index in [4.69, 9.17) is 0 Å². The molecular weight excluding hydrogens is 178 g/mol. The van der Waals surface area contributed by atoms with Crippen molar-refractivity contribution in [1.82, 2.24) is 4.90 Å². The van der Waals surface area contributed by atoms with Crippen LogP contribution in [0.4, 0.5) is 0 Å². The summed E-state index contributed by atoms with van der Waals surface area (Å²) in [5, 5.41) is 2.36. The normalized spacial score (nSPS) is 17.8. The first-order chi connectivity index (χ1) is 6.18. The van der Waals surface area contributed by atoms with Gasteiger partial charge in [-0.15, -0.1) is 11.3 Å². The number of likely N-dealkylation sites (N-methyl/N-ethyl adjacent to an activating group) is 1. The molecule has 1 aromatic heterocycles. The number of rotatable bonds is 1. The summed E-state index contributed by atoms with van der Waals surface area (Å²) in [5.41, 5.74) is 3.24. The van der Waals surface area contributed by atoms with E-state index in [0.717, 1.165) is 6.54 Å². The minimum absolute atomic E-state index is 0.698. The van der Waals surface area contributed by atoms with Crippen LogP contribution in [0.2, 0.25) is 0 Å². The van der Waals surface area contributed by atoms with Crippen LogP contribution < -0.4 is 0 Å². The quantitative estimate of drug-likeness (QED) is 0.666. The van der Waals surface area contributed by atoms with Crippen LogP contribution in [0.5, 0.6) is 0 Å². The summed E-state index contributed by atoms with van der Waals surface area (Å²) in [6.45, 7) is 6.97. The minimum Gasteiger partial charge on any atom is -0.301 e. The highest BCUT2D eigenvalue weighted by Gasteiger charge is 2.19. The second-order valence-electron chi connectivity index (χ2n) is 4.24. The molecule has 0 saturated heterocycles. The average Bonchev–Trinajstić information content (AvgIpc) is 2.46. The first kappa shape index (κ1) is 9.22. The molecule has 0 unspecified atom stereocenters. The maximum Gasteiger partial charge on any atom is 0.0327 e. The molecule has 1 nitrogen and oxygen atoms in total. The molecule has 1 aromatic rings. The van der Waals surface area contributed by atoms with Gasteiger partial charge in [-0.25, -0.2) is 0 Å². The number of thiophene rings is 1. The van der Waals surface area contributed by atoms with E-state index in [1.54, 1.807) is 16.0 Å². The maximum atomic E-state index is 2.41. The Balaban J connectivity index is 2.33. The minimum atomic E-state index is 0.698. The smallest absolute Gasteiger partial charge is 0.0327 e. The van der Waals surface area contributed by atoms with Crippen LogP contribution in [0.1, 0.15) is 35.8 Å². The lowest BCUT2D eigenvalue weighted by molar-refractivity contribution is 0.316. The van der Waals surface area contributed by atoms with Crippen LogP contribution in [-0.4, -0.2) is 18.5 Å². The van der Waals surface area contributed by atoms with E-state index in [2.05, 4.69) is 31.2 Å². The van der Waals surface area contributed by atoms with Crippen LogP contribution in [0.3, 0.4) is 0 Å². The van der Waals surface area contributed by atoms with Gasteiger partial charge in [-0.2, -0.15) is 0 Å². The molecule has 0 fully saturated rings. The molecule has 0 bridgehead atoms. The van der Waals surface area contributed by atoms with E-state index >= 15 is 0 Å². The van der Waals surface area contributed by atoms with Gasteiger partial charge in [0.15, 0.2) is 0 Å². The second-order valence-corrected chi connectivity index (χ2v) is 5.20. The zero-order valence-corrected chi connectivity index (χ0v) is 9.45. The zero-order valence-electron chi connectivity index (χ0n) is 8.63. The van der Waals surface area contributed by atoms with Crippen molar-refractivity contribution in [2.24, 2.45) is 0 Å². The number of nitrogens with zero attached hydrogens (tertiary/aromatic N) is 1. The predicted molar refractivity (Wildman–Crippen MR) is 58.4 cm³/mol. The highest BCUT2D eigenvalue weighted by molar-refractivity contribution is 7.10. The Morgan fingerprint density at radius 1 is 1.46 bits per heavy atom. The van der Waals surface area contributed by atoms with Gasteiger partial charge in [0.1, 0.15) is 0 Å². The number of hydrogen-bond acceptors (Lipinski definition) is 2. The van der Waals surface area contributed by atoms with Crippen LogP contribution in [0.15, 0.2) is 5.38 Å². The first-order valence-electron chi connectivity index (χ1n) is 4.96. The van der Waals surface area contributed by atoms with Gasteiger partial charge in [0.2, 0.25) is 0 Å². The fourth-order valence-corrected chi connectivity index (χ4v) is 3.31. The van der Waals surface area contributed by atoms with Crippen molar-refractivity contribution >= 4 is 11.3 Å². The van der Waals surface area contributed by atoms with E-state index < -0.39 is 0 Å². The molecule has 0 amide bonds. The molecule has 0 atom stereocenters. The highest BCUT2D eigenvalue weighted by atomic mass is 32.1. The molecule has 13 heavy (non-hydrogen) atoms. The SMILES string of the molecule is CC(C)c1csc2c1CCN(C)C2. The van der Waals surface area contributed by atoms with Gasteiger partial charge in [-0.05, 0) is 35.9 Å². The lowest BCUT2D eigenvalue weighted by Crippen LogP contribution is -2.25. The van der Waals surface area contributed by atoms with Gasteiger partial charge in [0, 0.05) is 18.0 Å². The summed E-state index contributed by atoms with van der Waals surface area (Å²) in [4.78, 5) is 4.00. The van der Waals surface area contributed by atoms with Crippen LogP contribution in [0, 0.1) is 0 Å². The predicted octanol–water partition coefficient (Wildman–Crippen LogP) is 2.86. The van der Waals surface area contributed by atoms with E-state index in [1.165, 1.54) is 13.0 Å². The third-order valence-electron chi connectivity index (χ3n) is 2.79. The van der Waals surface area contributed by atoms with Crippen molar-refractivity contribution in [3.63, 3.8) is 0 Å². The van der Waals surface area contributed by atoms with E-state index in [9.17, 15) is 0 Å². The fraction of sp³-hybridized carbons (Fsp3) is 0.636. The molecule has 0 radical (unpaired) electrons. The lowest BCUT2D eigenvalue weighted by atomic mass is 9.96. The molecular formula is C11H17NS. The molecule has 2 rings (SSSR count). The van der Waals surface area contributed by atoms with Crippen molar-refractivity contribution < 1.29 is 0 Å². The summed E-state index contributed by atoms with van der Waals surface area (Å²) in [6, 6.07) is 0. The lowest BCUT2D eigenvalue weighted by Gasteiger charge is -2.23. The molecule has 2 heteroatoms. The molecule has 2 heterocycles. The topological polar surface area (TPSA) is 3.24 Å². The Kier molecular flexibility index (Phi) is 2.43. The third-order valence-corrected chi connectivity index (χ3v) is 3.82. The summed E-state index contributed by atoms with van der Waals surface area (Å²) in [7, 11) is 2.21. The van der Waals surface area contributed by atoms with Crippen molar-refractivity contribution in [2.45, 2.75) is 32.7 Å². The zero-order chi connectivity index (χ0) is 9.42. The first-order valence-corrected chi connectivity index (χ1v) is 5.84. The number of hydrogen-bond donors (Lipinski definition) is 0. The van der Waals surface area contributed by atoms with Crippen LogP contribution in [-0.2, 0) is 13.0 Å². The van der Waals surface area contributed by atoms with Crippen LogP contribution in [0.25, 0.3) is 0 Å². The monoisotopic (exact) mass is 195 g/mol. The maximum absolute atomic E-state index is 2.41. The summed E-state index contributed by atoms with van der Waals surface area (Å²) in [5.74, 6) is 0.698. The van der Waals surface area contributed by atoms with Crippen LogP contribution >= 0.6 is 11.3 Å². The largest absolute Gasteiger partial charge is 0.301 e. The standard InChI is InChI=1S/C11H17NS/c1-8(2)10-7-13-11-6-12(3)5-4-9(10)11/h7-8H,4-6H2,1-3H3. The molecule has 1 aliphatic heterocycles. The Morgan fingerprint density at radius 2 is 2.23 bits per heavy atom. The fourth-order valence-electron chi connectivity index (χ4n) is 1.97. The third kappa shape index (κ3) is 1.65. The highest BCUT2D eigenvalue weighted by Crippen LogP contribution is 2.32. The molecule has 0 spiro atoms. The Morgan fingerprint density at radius 3 is 2.92 bits per heavy atom. The van der Waals surface area contributed by atoms with E-state index in [1.807, 2.05) is 11.3 Å². The Bertz CT molecular complexity index is 301. The molecule has 0 aromatic carbocycles. The van der Waals surface area contributed by atoms with Gasteiger partial charge in [-0.3, -0.25) is 0 Å². The van der Waals surface area contributed by atoms with Gasteiger partial charge in [0.25, 0.3) is 0 Å². The van der Waals surface area contributed by atoms with E-state index in [0.29, 0.717) is 5.92 Å². The Hall–Kier alpha value is -0.340. The van der Waals surface area contributed by atoms with Crippen molar-refractivity contribution in [2.75, 3.05) is 13.6 Å². The molecule has 72 valence electrons. The van der Waals surface area contributed by atoms with Crippen molar-refractivity contribution in [3.8, 4) is 0 Å². The average molecular weight is 195 g/mol. The number of fused-ring (bicyclic) bond motifs is 1. The molecule has 0 aliphatic carbocycles. The van der Waals surface area contributed by atoms with Gasteiger partial charge >= 0.3 is 0 Å². The van der Waals surface area contributed by atoms with Crippen molar-refractivity contribution in [1.29, 1.82) is 0 Å². The summed E-state index contributed by atoms with van der Waals surface area (Å²) >= 11 is 1.94. The van der Waals surface area contributed by atoms with Gasteiger partial charge in [0.05, 0.1) is 0 Å². The molecule has 1 aliphatic rings. The summed E-state index contributed by atoms with van der Waals surface area (Å²) < 4.78 is 0. The summed E-state index contributed by atoms with van der Waals surface area (Å²) in [6.07, 6.45) is 1.25. The molecule has 0 N–H and O–H groups in total. The molecule has 0 saturated carbocycles.